The Labute approximate surface area is 107 Å². The highest BCUT2D eigenvalue weighted by atomic mass is 16.2. The van der Waals surface area contributed by atoms with E-state index in [1.54, 1.807) is 0 Å². The van der Waals surface area contributed by atoms with Crippen LogP contribution in [0.2, 0.25) is 0 Å². The summed E-state index contributed by atoms with van der Waals surface area (Å²) < 4.78 is 0. The van der Waals surface area contributed by atoms with Crippen LogP contribution < -0.4 is 10.6 Å². The van der Waals surface area contributed by atoms with E-state index in [0.29, 0.717) is 12.1 Å². The molecule has 2 N–H and O–H groups in total. The maximum Gasteiger partial charge on any atom is 0.317 e. The second-order valence-corrected chi connectivity index (χ2v) is 5.17. The average Bonchev–Trinajstić information content (AvgIpc) is 3.07. The van der Waals surface area contributed by atoms with Crippen molar-refractivity contribution in [3.63, 3.8) is 0 Å². The van der Waals surface area contributed by atoms with Crippen LogP contribution in [-0.4, -0.2) is 36.1 Å². The highest BCUT2D eigenvalue weighted by Crippen LogP contribution is 2.20. The van der Waals surface area contributed by atoms with Crippen molar-refractivity contribution in [1.29, 1.82) is 0 Å². The number of urea groups is 1. The molecule has 1 saturated heterocycles. The molecule has 0 bridgehead atoms. The van der Waals surface area contributed by atoms with Gasteiger partial charge in [-0.25, -0.2) is 4.79 Å². The van der Waals surface area contributed by atoms with Gasteiger partial charge in [0.2, 0.25) is 0 Å². The lowest BCUT2D eigenvalue weighted by Gasteiger charge is -2.18. The Bertz CT molecular complexity index is 416. The molecule has 0 aromatic heterocycles. The zero-order valence-corrected chi connectivity index (χ0v) is 10.4. The van der Waals surface area contributed by atoms with Crippen molar-refractivity contribution in [1.82, 2.24) is 10.2 Å². The Morgan fingerprint density at radius 3 is 2.61 bits per heavy atom. The maximum atomic E-state index is 11.9. The molecular formula is C14H19N3O. The highest BCUT2D eigenvalue weighted by molar-refractivity contribution is 5.75. The Morgan fingerprint density at radius 2 is 1.89 bits per heavy atom. The first-order chi connectivity index (χ1) is 8.81. The minimum atomic E-state index is 0.106. The van der Waals surface area contributed by atoms with E-state index in [0.717, 1.165) is 38.0 Å². The van der Waals surface area contributed by atoms with Gasteiger partial charge in [-0.1, -0.05) is 18.2 Å². The van der Waals surface area contributed by atoms with Crippen molar-refractivity contribution >= 4 is 11.7 Å². The van der Waals surface area contributed by atoms with Gasteiger partial charge in [0.15, 0.2) is 0 Å². The molecule has 0 unspecified atom stereocenters. The van der Waals surface area contributed by atoms with Crippen molar-refractivity contribution in [3.05, 3.63) is 30.3 Å². The van der Waals surface area contributed by atoms with E-state index < -0.39 is 0 Å². The molecular weight excluding hydrogens is 226 g/mol. The predicted molar refractivity (Wildman–Crippen MR) is 71.6 cm³/mol. The number of rotatable bonds is 3. The van der Waals surface area contributed by atoms with E-state index in [1.807, 2.05) is 23.1 Å². The molecule has 1 aromatic carbocycles. The fourth-order valence-electron chi connectivity index (χ4n) is 2.33. The van der Waals surface area contributed by atoms with Gasteiger partial charge in [-0.05, 0) is 31.4 Å². The van der Waals surface area contributed by atoms with Crippen molar-refractivity contribution in [2.24, 2.45) is 0 Å². The summed E-state index contributed by atoms with van der Waals surface area (Å²) in [7, 11) is 0. The van der Waals surface area contributed by atoms with Gasteiger partial charge in [-0.3, -0.25) is 0 Å². The summed E-state index contributed by atoms with van der Waals surface area (Å²) >= 11 is 0. The number of hydrogen-bond acceptors (Lipinski definition) is 2. The molecule has 1 aliphatic heterocycles. The third-order valence-corrected chi connectivity index (χ3v) is 3.52. The fraction of sp³-hybridized carbons (Fsp3) is 0.500. The van der Waals surface area contributed by atoms with Crippen LogP contribution in [0.1, 0.15) is 19.3 Å². The number of hydrogen-bond donors (Lipinski definition) is 2. The van der Waals surface area contributed by atoms with Crippen LogP contribution in [0.15, 0.2) is 30.3 Å². The number of nitrogens with one attached hydrogen (secondary N) is 2. The second kappa shape index (κ2) is 4.88. The standard InChI is InChI=1S/C14H19N3O/c18-14(16-12-6-7-12)17-9-8-13(10-17)15-11-4-2-1-3-5-11/h1-5,12-13,15H,6-10H2,(H,16,18)/t13-/m1/s1. The molecule has 96 valence electrons. The number of anilines is 1. The molecule has 3 rings (SSSR count). The molecule has 2 amide bonds. The van der Waals surface area contributed by atoms with Crippen LogP contribution in [0.3, 0.4) is 0 Å². The molecule has 2 fully saturated rings. The molecule has 1 atom stereocenters. The van der Waals surface area contributed by atoms with Crippen molar-refractivity contribution < 1.29 is 4.79 Å². The summed E-state index contributed by atoms with van der Waals surface area (Å²) in [4.78, 5) is 13.8. The molecule has 0 spiro atoms. The number of amides is 2. The van der Waals surface area contributed by atoms with Crippen molar-refractivity contribution in [2.45, 2.75) is 31.3 Å². The van der Waals surface area contributed by atoms with Gasteiger partial charge in [0.1, 0.15) is 0 Å². The lowest BCUT2D eigenvalue weighted by molar-refractivity contribution is 0.208. The number of likely N-dealkylation sites (tertiary alicyclic amines) is 1. The zero-order chi connectivity index (χ0) is 12.4. The van der Waals surface area contributed by atoms with Crippen LogP contribution in [0.5, 0.6) is 0 Å². The molecule has 1 heterocycles. The van der Waals surface area contributed by atoms with E-state index in [2.05, 4.69) is 22.8 Å². The molecule has 18 heavy (non-hydrogen) atoms. The van der Waals surface area contributed by atoms with Crippen LogP contribution in [0, 0.1) is 0 Å². The quantitative estimate of drug-likeness (QED) is 0.856. The summed E-state index contributed by atoms with van der Waals surface area (Å²) in [6, 6.07) is 11.1. The van der Waals surface area contributed by atoms with Gasteiger partial charge >= 0.3 is 6.03 Å². The van der Waals surface area contributed by atoms with Gasteiger partial charge in [0.05, 0.1) is 0 Å². The minimum absolute atomic E-state index is 0.106. The highest BCUT2D eigenvalue weighted by Gasteiger charge is 2.30. The molecule has 1 aromatic rings. The number of benzene rings is 1. The second-order valence-electron chi connectivity index (χ2n) is 5.17. The van der Waals surface area contributed by atoms with Gasteiger partial charge in [0, 0.05) is 30.9 Å². The SMILES string of the molecule is O=C(NC1CC1)N1CC[C@@H](Nc2ccccc2)C1. The van der Waals surface area contributed by atoms with Gasteiger partial charge in [-0.15, -0.1) is 0 Å². The molecule has 0 radical (unpaired) electrons. The van der Waals surface area contributed by atoms with E-state index in [-0.39, 0.29) is 6.03 Å². The van der Waals surface area contributed by atoms with E-state index in [9.17, 15) is 4.79 Å². The lowest BCUT2D eigenvalue weighted by Crippen LogP contribution is -2.40. The van der Waals surface area contributed by atoms with E-state index in [1.165, 1.54) is 0 Å². The fourth-order valence-corrected chi connectivity index (χ4v) is 2.33. The normalized spacial score (nSPS) is 22.9. The summed E-state index contributed by atoms with van der Waals surface area (Å²) in [5.41, 5.74) is 1.13. The summed E-state index contributed by atoms with van der Waals surface area (Å²) in [6.45, 7) is 1.65. The lowest BCUT2D eigenvalue weighted by atomic mass is 10.2. The molecule has 1 aliphatic carbocycles. The predicted octanol–water partition coefficient (Wildman–Crippen LogP) is 2.04. The number of nitrogens with zero attached hydrogens (tertiary/aromatic N) is 1. The first-order valence-electron chi connectivity index (χ1n) is 6.68. The van der Waals surface area contributed by atoms with Gasteiger partial charge in [0.25, 0.3) is 0 Å². The van der Waals surface area contributed by atoms with Crippen molar-refractivity contribution in [3.8, 4) is 0 Å². The summed E-state index contributed by atoms with van der Waals surface area (Å²) in [5, 5.41) is 6.51. The summed E-state index contributed by atoms with van der Waals surface area (Å²) in [5.74, 6) is 0. The number of carbonyl (C=O) groups is 1. The van der Waals surface area contributed by atoms with Crippen molar-refractivity contribution in [2.75, 3.05) is 18.4 Å². The maximum absolute atomic E-state index is 11.9. The van der Waals surface area contributed by atoms with Crippen LogP contribution in [-0.2, 0) is 0 Å². The average molecular weight is 245 g/mol. The van der Waals surface area contributed by atoms with E-state index >= 15 is 0 Å². The Morgan fingerprint density at radius 1 is 1.11 bits per heavy atom. The van der Waals surface area contributed by atoms with Crippen LogP contribution in [0.25, 0.3) is 0 Å². The largest absolute Gasteiger partial charge is 0.380 e. The van der Waals surface area contributed by atoms with Crippen LogP contribution >= 0.6 is 0 Å². The number of carbonyl (C=O) groups excluding carboxylic acids is 1. The minimum Gasteiger partial charge on any atom is -0.380 e. The van der Waals surface area contributed by atoms with Gasteiger partial charge < -0.3 is 15.5 Å². The smallest absolute Gasteiger partial charge is 0.317 e. The Hall–Kier alpha value is -1.71. The number of para-hydroxylation sites is 1. The summed E-state index contributed by atoms with van der Waals surface area (Å²) in [6.07, 6.45) is 3.31. The molecule has 4 nitrogen and oxygen atoms in total. The molecule has 1 saturated carbocycles. The topological polar surface area (TPSA) is 44.4 Å². The Kier molecular flexibility index (Phi) is 3.09. The first-order valence-corrected chi connectivity index (χ1v) is 6.68. The first kappa shape index (κ1) is 11.4. The molecule has 2 aliphatic rings. The Balaban J connectivity index is 1.50. The monoisotopic (exact) mass is 245 g/mol. The molecule has 4 heteroatoms. The third kappa shape index (κ3) is 2.75. The third-order valence-electron chi connectivity index (χ3n) is 3.52. The van der Waals surface area contributed by atoms with Crippen LogP contribution in [0.4, 0.5) is 10.5 Å². The van der Waals surface area contributed by atoms with Gasteiger partial charge in [-0.2, -0.15) is 0 Å². The zero-order valence-electron chi connectivity index (χ0n) is 10.4. The van der Waals surface area contributed by atoms with E-state index in [4.69, 9.17) is 0 Å².